The number of halogens is 2. The number of aromatic amines is 1. The lowest BCUT2D eigenvalue weighted by Gasteiger charge is -2.18. The minimum absolute atomic E-state index is 0.200. The molecule has 0 fully saturated rings. The second-order valence-corrected chi connectivity index (χ2v) is 8.90. The first-order valence-corrected chi connectivity index (χ1v) is 12.0. The molecule has 4 rings (SSSR count). The average Bonchev–Trinajstić information content (AvgIpc) is 3.28. The fraction of sp³-hybridized carbons (Fsp3) is 0.0741. The molecular weight excluding hydrogens is 483 g/mol. The van der Waals surface area contributed by atoms with Crippen molar-refractivity contribution in [2.45, 2.75) is 13.3 Å². The Bertz CT molecular complexity index is 1500. The van der Waals surface area contributed by atoms with Crippen LogP contribution >= 0.6 is 23.1 Å². The van der Waals surface area contributed by atoms with Gasteiger partial charge >= 0.3 is 4.87 Å². The molecule has 8 heteroatoms. The van der Waals surface area contributed by atoms with Crippen LogP contribution in [0.5, 0.6) is 0 Å². The highest BCUT2D eigenvalue weighted by atomic mass is 35.5. The number of benzene rings is 3. The van der Waals surface area contributed by atoms with Crippen LogP contribution in [0.3, 0.4) is 0 Å². The Balaban J connectivity index is 1.86. The van der Waals surface area contributed by atoms with Gasteiger partial charge in [-0.05, 0) is 70.2 Å². The third-order valence-electron chi connectivity index (χ3n) is 5.53. The van der Waals surface area contributed by atoms with E-state index in [2.05, 4.69) is 9.36 Å². The Kier molecular flexibility index (Phi) is 7.39. The molecular formula is C27H22ClFN4OS. The first kappa shape index (κ1) is 24.3. The second-order valence-electron chi connectivity index (χ2n) is 7.75. The maximum absolute atomic E-state index is 13.8. The van der Waals surface area contributed by atoms with E-state index >= 15 is 0 Å². The van der Waals surface area contributed by atoms with Crippen LogP contribution in [0.1, 0.15) is 47.0 Å². The molecule has 0 radical (unpaired) electrons. The van der Waals surface area contributed by atoms with E-state index in [1.54, 1.807) is 18.2 Å². The summed E-state index contributed by atoms with van der Waals surface area (Å²) < 4.78 is 17.8. The molecule has 3 aromatic carbocycles. The lowest BCUT2D eigenvalue weighted by molar-refractivity contribution is 0.628. The number of anilines is 1. The smallest absolute Gasteiger partial charge is 0.323 e. The Morgan fingerprint density at radius 3 is 2.49 bits per heavy atom. The van der Waals surface area contributed by atoms with Gasteiger partial charge in [0, 0.05) is 29.0 Å². The van der Waals surface area contributed by atoms with E-state index in [0.717, 1.165) is 44.9 Å². The Labute approximate surface area is 211 Å². The van der Waals surface area contributed by atoms with Crippen molar-refractivity contribution in [3.63, 3.8) is 0 Å². The van der Waals surface area contributed by atoms with Gasteiger partial charge in [-0.1, -0.05) is 61.0 Å². The van der Waals surface area contributed by atoms with Gasteiger partial charge in [0.05, 0.1) is 5.02 Å². The molecule has 5 nitrogen and oxygen atoms in total. The molecule has 0 aliphatic rings. The van der Waals surface area contributed by atoms with Gasteiger partial charge in [0.2, 0.25) is 0 Å². The van der Waals surface area contributed by atoms with E-state index in [0.29, 0.717) is 28.5 Å². The minimum Gasteiger partial charge on any atom is -0.398 e. The van der Waals surface area contributed by atoms with Gasteiger partial charge in [-0.25, -0.2) is 4.39 Å². The number of allylic oxidation sites excluding steroid dienone is 1. The Hall–Kier alpha value is -3.81. The number of nitrogens with two attached hydrogens (primary N) is 1. The summed E-state index contributed by atoms with van der Waals surface area (Å²) in [5.74, 6) is 0.108. The number of nitrogens with one attached hydrogen (secondary N) is 2. The van der Waals surface area contributed by atoms with Crippen LogP contribution in [-0.2, 0) is 0 Å². The molecule has 1 heterocycles. The number of hydrogen-bond donors (Lipinski definition) is 3. The molecule has 0 bridgehead atoms. The molecule has 1 aromatic heterocycles. The Morgan fingerprint density at radius 2 is 1.86 bits per heavy atom. The van der Waals surface area contributed by atoms with E-state index in [9.17, 15) is 9.18 Å². The quantitative estimate of drug-likeness (QED) is 0.148. The molecule has 0 unspecified atom stereocenters. The maximum atomic E-state index is 13.8. The molecule has 0 aliphatic carbocycles. The summed E-state index contributed by atoms with van der Waals surface area (Å²) >= 11 is 7.34. The first-order valence-electron chi connectivity index (χ1n) is 10.8. The third kappa shape index (κ3) is 5.48. The highest BCUT2D eigenvalue weighted by Crippen LogP contribution is 2.38. The van der Waals surface area contributed by atoms with Gasteiger partial charge in [-0.2, -0.15) is 4.37 Å². The summed E-state index contributed by atoms with van der Waals surface area (Å²) in [5.41, 5.74) is 12.5. The van der Waals surface area contributed by atoms with Gasteiger partial charge in [0.25, 0.3) is 0 Å². The van der Waals surface area contributed by atoms with Gasteiger partial charge in [-0.15, -0.1) is 0 Å². The van der Waals surface area contributed by atoms with E-state index in [1.165, 1.54) is 18.3 Å². The predicted octanol–water partition coefficient (Wildman–Crippen LogP) is 6.74. The van der Waals surface area contributed by atoms with Crippen molar-refractivity contribution in [3.8, 4) is 0 Å². The van der Waals surface area contributed by atoms with E-state index in [4.69, 9.17) is 22.7 Å². The zero-order valence-corrected chi connectivity index (χ0v) is 20.4. The van der Waals surface area contributed by atoms with Gasteiger partial charge in [0.1, 0.15) is 11.6 Å². The van der Waals surface area contributed by atoms with E-state index in [1.807, 2.05) is 49.4 Å². The van der Waals surface area contributed by atoms with Crippen LogP contribution in [-0.4, -0.2) is 15.6 Å². The monoisotopic (exact) mass is 504 g/mol. The average molecular weight is 505 g/mol. The molecule has 0 spiro atoms. The van der Waals surface area contributed by atoms with Gasteiger partial charge in [0.15, 0.2) is 0 Å². The standard InChI is InChI=1S/C27H22ClFN4OS/c1-2-21(22-10-9-20(29)14-23(22)28)26(18-8-11-24(31)19(13-18)15-30)17-6-3-16(4-7-17)5-12-25-32-27(34)35-33-25/h3-15,30H,2,31H2,1H3,(H,32,33,34)/b12-5+,26-21+,30-15?. The van der Waals surface area contributed by atoms with Gasteiger partial charge in [-0.3, -0.25) is 9.78 Å². The van der Waals surface area contributed by atoms with Crippen LogP contribution in [0, 0.1) is 11.2 Å². The highest BCUT2D eigenvalue weighted by molar-refractivity contribution is 7.02. The molecule has 176 valence electrons. The van der Waals surface area contributed by atoms with Crippen molar-refractivity contribution < 1.29 is 4.39 Å². The topological polar surface area (TPSA) is 95.6 Å². The minimum atomic E-state index is -0.396. The fourth-order valence-electron chi connectivity index (χ4n) is 3.86. The maximum Gasteiger partial charge on any atom is 0.323 e. The molecule has 0 atom stereocenters. The molecule has 0 amide bonds. The fourth-order valence-corrected chi connectivity index (χ4v) is 4.57. The predicted molar refractivity (Wildman–Crippen MR) is 144 cm³/mol. The van der Waals surface area contributed by atoms with Crippen LogP contribution < -0.4 is 10.6 Å². The zero-order chi connectivity index (χ0) is 24.9. The molecule has 4 aromatic rings. The normalized spacial score (nSPS) is 12.1. The van der Waals surface area contributed by atoms with Crippen molar-refractivity contribution in [2.24, 2.45) is 0 Å². The summed E-state index contributed by atoms with van der Waals surface area (Å²) in [7, 11) is 0. The summed E-state index contributed by atoms with van der Waals surface area (Å²) in [6, 6.07) is 17.9. The molecule has 0 saturated carbocycles. The van der Waals surface area contributed by atoms with Crippen molar-refractivity contribution in [3.05, 3.63) is 115 Å². The number of nitrogens with zero attached hydrogens (tertiary/aromatic N) is 1. The van der Waals surface area contributed by atoms with Crippen molar-refractivity contribution in [2.75, 3.05) is 5.73 Å². The summed E-state index contributed by atoms with van der Waals surface area (Å²) in [6.45, 7) is 2.02. The molecule has 4 N–H and O–H groups in total. The zero-order valence-electron chi connectivity index (χ0n) is 18.8. The highest BCUT2D eigenvalue weighted by Gasteiger charge is 2.16. The summed E-state index contributed by atoms with van der Waals surface area (Å²) in [4.78, 5) is 13.7. The van der Waals surface area contributed by atoms with Crippen molar-refractivity contribution >= 4 is 58.3 Å². The SMILES string of the molecule is CC/C(=C(/c1ccc(/C=C/c2nsc(=O)[nH]2)cc1)c1ccc(N)c(C=N)c1)c1ccc(F)cc1Cl. The summed E-state index contributed by atoms with van der Waals surface area (Å²) in [5, 5.41) is 8.06. The molecule has 0 saturated heterocycles. The lowest BCUT2D eigenvalue weighted by Crippen LogP contribution is -1.99. The number of aromatic nitrogens is 2. The van der Waals surface area contributed by atoms with Crippen LogP contribution in [0.25, 0.3) is 23.3 Å². The molecule has 0 aliphatic heterocycles. The van der Waals surface area contributed by atoms with E-state index < -0.39 is 5.82 Å². The van der Waals surface area contributed by atoms with E-state index in [-0.39, 0.29) is 4.87 Å². The van der Waals surface area contributed by atoms with Crippen LogP contribution in [0.4, 0.5) is 10.1 Å². The second kappa shape index (κ2) is 10.6. The van der Waals surface area contributed by atoms with Crippen molar-refractivity contribution in [1.82, 2.24) is 9.36 Å². The van der Waals surface area contributed by atoms with Crippen LogP contribution in [0.15, 0.2) is 65.5 Å². The number of nitrogen functional groups attached to an aromatic ring is 1. The largest absolute Gasteiger partial charge is 0.398 e. The first-order chi connectivity index (χ1) is 16.9. The Morgan fingerprint density at radius 1 is 1.11 bits per heavy atom. The number of H-pyrrole nitrogens is 1. The lowest BCUT2D eigenvalue weighted by atomic mass is 9.87. The summed E-state index contributed by atoms with van der Waals surface area (Å²) in [6.07, 6.45) is 5.48. The number of hydrogen-bond acceptors (Lipinski definition) is 5. The third-order valence-corrected chi connectivity index (χ3v) is 6.40. The van der Waals surface area contributed by atoms with Gasteiger partial charge < -0.3 is 11.1 Å². The van der Waals surface area contributed by atoms with Crippen molar-refractivity contribution in [1.29, 1.82) is 5.41 Å². The molecule has 35 heavy (non-hydrogen) atoms. The van der Waals surface area contributed by atoms with Crippen LogP contribution in [0.2, 0.25) is 5.02 Å². The number of rotatable bonds is 7.